The lowest BCUT2D eigenvalue weighted by molar-refractivity contribution is -0.127. The fourth-order valence-electron chi connectivity index (χ4n) is 1.12. The Morgan fingerprint density at radius 2 is 2.29 bits per heavy atom. The Morgan fingerprint density at radius 3 is 2.86 bits per heavy atom. The second-order valence-electron chi connectivity index (χ2n) is 3.04. The molecule has 0 radical (unpaired) electrons. The molecule has 0 saturated heterocycles. The molecule has 0 aliphatic carbocycles. The molecule has 0 bridgehead atoms. The first kappa shape index (κ1) is 11.6. The molecule has 0 spiro atoms. The lowest BCUT2D eigenvalue weighted by atomic mass is 10.2. The summed E-state index contributed by atoms with van der Waals surface area (Å²) in [4.78, 5) is 12.9. The molecule has 0 aromatic heterocycles. The molecule has 0 atom stereocenters. The topological polar surface area (TPSA) is 20.3 Å². The Labute approximate surface area is 97.8 Å². The monoisotopic (exact) mass is 273 g/mol. The van der Waals surface area contributed by atoms with Gasteiger partial charge < -0.3 is 4.90 Å². The van der Waals surface area contributed by atoms with Crippen molar-refractivity contribution in [3.63, 3.8) is 0 Å². The number of hydrogen-bond donors (Lipinski definition) is 1. The summed E-state index contributed by atoms with van der Waals surface area (Å²) in [6.07, 6.45) is 0. The van der Waals surface area contributed by atoms with Gasteiger partial charge in [-0.25, -0.2) is 0 Å². The van der Waals surface area contributed by atoms with Crippen LogP contribution in [0.15, 0.2) is 28.7 Å². The minimum absolute atomic E-state index is 0.0355. The highest BCUT2D eigenvalue weighted by molar-refractivity contribution is 9.10. The van der Waals surface area contributed by atoms with Crippen LogP contribution in [-0.4, -0.2) is 23.6 Å². The highest BCUT2D eigenvalue weighted by Gasteiger charge is 2.06. The van der Waals surface area contributed by atoms with Gasteiger partial charge in [0.25, 0.3) is 0 Å². The van der Waals surface area contributed by atoms with Crippen LogP contribution in [0.4, 0.5) is 0 Å². The minimum atomic E-state index is 0.0355. The van der Waals surface area contributed by atoms with Gasteiger partial charge in [0.2, 0.25) is 5.91 Å². The van der Waals surface area contributed by atoms with Crippen molar-refractivity contribution in [2.75, 3.05) is 12.8 Å². The molecular formula is C10H12BrNOS. The fraction of sp³-hybridized carbons (Fsp3) is 0.300. The van der Waals surface area contributed by atoms with Crippen LogP contribution in [0.25, 0.3) is 0 Å². The van der Waals surface area contributed by atoms with Gasteiger partial charge in [0, 0.05) is 18.1 Å². The molecular weight excluding hydrogens is 262 g/mol. The molecule has 76 valence electrons. The Kier molecular flexibility index (Phi) is 4.48. The third-order valence-corrected chi connectivity index (χ3v) is 2.63. The van der Waals surface area contributed by atoms with E-state index in [0.717, 1.165) is 10.0 Å². The normalized spacial score (nSPS) is 9.93. The standard InChI is InChI=1S/C10H12BrNOS/c1-12(10(13)7-14)6-8-3-2-4-9(11)5-8/h2-5,14H,6-7H2,1H3. The van der Waals surface area contributed by atoms with E-state index >= 15 is 0 Å². The molecule has 0 N–H and O–H groups in total. The van der Waals surface area contributed by atoms with E-state index in [-0.39, 0.29) is 11.7 Å². The Morgan fingerprint density at radius 1 is 1.57 bits per heavy atom. The molecule has 1 rings (SSSR count). The zero-order valence-corrected chi connectivity index (χ0v) is 10.4. The quantitative estimate of drug-likeness (QED) is 0.839. The van der Waals surface area contributed by atoms with E-state index in [0.29, 0.717) is 6.54 Å². The number of halogens is 1. The van der Waals surface area contributed by atoms with Crippen molar-refractivity contribution in [1.29, 1.82) is 0 Å². The Hall–Kier alpha value is -0.480. The molecule has 0 aliphatic heterocycles. The number of carbonyl (C=O) groups excluding carboxylic acids is 1. The highest BCUT2D eigenvalue weighted by Crippen LogP contribution is 2.12. The predicted molar refractivity (Wildman–Crippen MR) is 64.5 cm³/mol. The molecule has 14 heavy (non-hydrogen) atoms. The number of benzene rings is 1. The Balaban J connectivity index is 2.64. The summed E-state index contributed by atoms with van der Waals surface area (Å²) in [6.45, 7) is 0.624. The highest BCUT2D eigenvalue weighted by atomic mass is 79.9. The van der Waals surface area contributed by atoms with Crippen LogP contribution in [0, 0.1) is 0 Å². The van der Waals surface area contributed by atoms with Gasteiger partial charge in [0.05, 0.1) is 5.75 Å². The van der Waals surface area contributed by atoms with Crippen molar-refractivity contribution in [2.24, 2.45) is 0 Å². The maximum atomic E-state index is 11.2. The second kappa shape index (κ2) is 5.41. The first-order valence-electron chi connectivity index (χ1n) is 4.22. The zero-order valence-electron chi connectivity index (χ0n) is 7.90. The molecule has 2 nitrogen and oxygen atoms in total. The van der Waals surface area contributed by atoms with E-state index in [9.17, 15) is 4.79 Å². The van der Waals surface area contributed by atoms with Crippen LogP contribution in [0.1, 0.15) is 5.56 Å². The van der Waals surface area contributed by atoms with E-state index in [4.69, 9.17) is 0 Å². The summed E-state index contributed by atoms with van der Waals surface area (Å²) in [5.41, 5.74) is 1.11. The molecule has 1 aromatic carbocycles. The number of rotatable bonds is 3. The largest absolute Gasteiger partial charge is 0.341 e. The van der Waals surface area contributed by atoms with Crippen LogP contribution in [-0.2, 0) is 11.3 Å². The summed E-state index contributed by atoms with van der Waals surface area (Å²) in [6, 6.07) is 7.91. The smallest absolute Gasteiger partial charge is 0.232 e. The molecule has 1 amide bonds. The molecule has 4 heteroatoms. The number of amides is 1. The van der Waals surface area contributed by atoms with Gasteiger partial charge in [0.1, 0.15) is 0 Å². The van der Waals surface area contributed by atoms with Crippen molar-refractivity contribution in [2.45, 2.75) is 6.54 Å². The molecule has 0 aliphatic rings. The summed E-state index contributed by atoms with van der Waals surface area (Å²) in [5.74, 6) is 0.290. The van der Waals surface area contributed by atoms with E-state index in [1.54, 1.807) is 11.9 Å². The molecule has 1 aromatic rings. The first-order chi connectivity index (χ1) is 6.63. The first-order valence-corrected chi connectivity index (χ1v) is 5.65. The zero-order chi connectivity index (χ0) is 10.6. The summed E-state index contributed by atoms with van der Waals surface area (Å²) < 4.78 is 1.03. The lowest BCUT2D eigenvalue weighted by Gasteiger charge is -2.15. The summed E-state index contributed by atoms with van der Waals surface area (Å²) in [7, 11) is 1.78. The number of thiol groups is 1. The van der Waals surface area contributed by atoms with Gasteiger partial charge in [-0.05, 0) is 17.7 Å². The van der Waals surface area contributed by atoms with Crippen LogP contribution in [0.5, 0.6) is 0 Å². The summed E-state index contributed by atoms with van der Waals surface area (Å²) >= 11 is 7.33. The van der Waals surface area contributed by atoms with E-state index in [1.165, 1.54) is 0 Å². The van der Waals surface area contributed by atoms with Crippen LogP contribution in [0.3, 0.4) is 0 Å². The number of hydrogen-bond acceptors (Lipinski definition) is 2. The number of nitrogens with zero attached hydrogens (tertiary/aromatic N) is 1. The van der Waals surface area contributed by atoms with E-state index in [2.05, 4.69) is 28.6 Å². The van der Waals surface area contributed by atoms with Gasteiger partial charge in [-0.2, -0.15) is 12.6 Å². The van der Waals surface area contributed by atoms with Crippen molar-refractivity contribution < 1.29 is 4.79 Å². The fourth-order valence-corrected chi connectivity index (χ4v) is 1.81. The van der Waals surface area contributed by atoms with Crippen LogP contribution >= 0.6 is 28.6 Å². The van der Waals surface area contributed by atoms with Gasteiger partial charge in [0.15, 0.2) is 0 Å². The molecule has 0 unspecified atom stereocenters. The van der Waals surface area contributed by atoms with Crippen molar-refractivity contribution in [3.05, 3.63) is 34.3 Å². The predicted octanol–water partition coefficient (Wildman–Crippen LogP) is 2.34. The third-order valence-electron chi connectivity index (χ3n) is 1.87. The maximum absolute atomic E-state index is 11.2. The molecule has 0 fully saturated rings. The Bertz CT molecular complexity index is 330. The van der Waals surface area contributed by atoms with Gasteiger partial charge >= 0.3 is 0 Å². The van der Waals surface area contributed by atoms with Crippen LogP contribution in [0.2, 0.25) is 0 Å². The molecule has 0 heterocycles. The van der Waals surface area contributed by atoms with Crippen molar-refractivity contribution >= 4 is 34.5 Å². The second-order valence-corrected chi connectivity index (χ2v) is 4.27. The number of carbonyl (C=O) groups is 1. The third kappa shape index (κ3) is 3.35. The summed E-state index contributed by atoms with van der Waals surface area (Å²) in [5, 5.41) is 0. The SMILES string of the molecule is CN(Cc1cccc(Br)c1)C(=O)CS. The van der Waals surface area contributed by atoms with Gasteiger partial charge in [-0.1, -0.05) is 28.1 Å². The van der Waals surface area contributed by atoms with Crippen LogP contribution < -0.4 is 0 Å². The van der Waals surface area contributed by atoms with Gasteiger partial charge in [-0.15, -0.1) is 0 Å². The van der Waals surface area contributed by atoms with Crippen molar-refractivity contribution in [1.82, 2.24) is 4.90 Å². The average Bonchev–Trinajstić information content (AvgIpc) is 2.16. The van der Waals surface area contributed by atoms with E-state index in [1.807, 2.05) is 24.3 Å². The van der Waals surface area contributed by atoms with E-state index < -0.39 is 0 Å². The minimum Gasteiger partial charge on any atom is -0.341 e. The average molecular weight is 274 g/mol. The molecule has 0 saturated carbocycles. The van der Waals surface area contributed by atoms with Gasteiger partial charge in [-0.3, -0.25) is 4.79 Å². The lowest BCUT2D eigenvalue weighted by Crippen LogP contribution is -2.27. The van der Waals surface area contributed by atoms with Crippen molar-refractivity contribution in [3.8, 4) is 0 Å². The maximum Gasteiger partial charge on any atom is 0.232 e.